The van der Waals surface area contributed by atoms with Gasteiger partial charge in [0.25, 0.3) is 0 Å². The van der Waals surface area contributed by atoms with Crippen molar-refractivity contribution in [3.8, 4) is 18.1 Å². The van der Waals surface area contributed by atoms with Crippen molar-refractivity contribution >= 4 is 0 Å². The van der Waals surface area contributed by atoms with Crippen molar-refractivity contribution in [1.82, 2.24) is 5.32 Å². The Hall–Kier alpha value is -2.28. The third kappa shape index (κ3) is 4.06. The Bertz CT molecular complexity index is 1040. The highest BCUT2D eigenvalue weighted by Crippen LogP contribution is 2.64. The Kier molecular flexibility index (Phi) is 6.49. The second-order valence-corrected chi connectivity index (χ2v) is 11.1. The van der Waals surface area contributed by atoms with Crippen LogP contribution in [0.25, 0.3) is 0 Å². The molecule has 0 spiro atoms. The molecular formula is C31H39NO2. The molecule has 2 fully saturated rings. The molecule has 0 amide bonds. The van der Waals surface area contributed by atoms with Gasteiger partial charge in [-0.1, -0.05) is 49.2 Å². The van der Waals surface area contributed by atoms with E-state index in [1.54, 1.807) is 0 Å². The SMILES string of the molecule is C#C[C@]1(O)CC[C@H]2[C@@H]3CCc4cc(OCCCNC(C)c5ccccc5)ccc4[C@H]3CC[C@@]21C. The summed E-state index contributed by atoms with van der Waals surface area (Å²) in [6.45, 7) is 6.13. The van der Waals surface area contributed by atoms with Gasteiger partial charge in [0.1, 0.15) is 11.4 Å². The molecule has 3 nitrogen and oxygen atoms in total. The first kappa shape index (κ1) is 23.5. The minimum atomic E-state index is -0.922. The molecule has 3 heteroatoms. The molecule has 2 aromatic carbocycles. The van der Waals surface area contributed by atoms with Gasteiger partial charge in [-0.2, -0.15) is 0 Å². The number of hydrogen-bond acceptors (Lipinski definition) is 3. The zero-order valence-corrected chi connectivity index (χ0v) is 20.7. The Labute approximate surface area is 205 Å². The fraction of sp³-hybridized carbons (Fsp3) is 0.548. The van der Waals surface area contributed by atoms with Crippen LogP contribution in [0.15, 0.2) is 48.5 Å². The molecule has 2 N–H and O–H groups in total. The second-order valence-electron chi connectivity index (χ2n) is 11.1. The quantitative estimate of drug-likeness (QED) is 0.394. The highest BCUT2D eigenvalue weighted by atomic mass is 16.5. The van der Waals surface area contributed by atoms with Crippen LogP contribution in [0.2, 0.25) is 0 Å². The van der Waals surface area contributed by atoms with Gasteiger partial charge in [0.2, 0.25) is 0 Å². The molecule has 0 bridgehead atoms. The van der Waals surface area contributed by atoms with E-state index in [1.807, 2.05) is 0 Å². The summed E-state index contributed by atoms with van der Waals surface area (Å²) in [4.78, 5) is 0. The van der Waals surface area contributed by atoms with Crippen molar-refractivity contribution in [3.63, 3.8) is 0 Å². The van der Waals surface area contributed by atoms with Gasteiger partial charge in [0.15, 0.2) is 0 Å². The molecule has 2 aromatic rings. The van der Waals surface area contributed by atoms with Crippen molar-refractivity contribution in [2.75, 3.05) is 13.2 Å². The van der Waals surface area contributed by atoms with E-state index in [0.717, 1.165) is 57.4 Å². The summed E-state index contributed by atoms with van der Waals surface area (Å²) in [5.41, 5.74) is 3.24. The lowest BCUT2D eigenvalue weighted by Crippen LogP contribution is -2.50. The minimum absolute atomic E-state index is 0.129. The summed E-state index contributed by atoms with van der Waals surface area (Å²) in [5, 5.41) is 14.7. The number of ether oxygens (including phenoxy) is 1. The van der Waals surface area contributed by atoms with Gasteiger partial charge in [0.05, 0.1) is 6.61 Å². The molecule has 0 aliphatic heterocycles. The van der Waals surface area contributed by atoms with Crippen molar-refractivity contribution in [3.05, 3.63) is 65.2 Å². The van der Waals surface area contributed by atoms with Crippen molar-refractivity contribution in [2.45, 2.75) is 76.4 Å². The van der Waals surface area contributed by atoms with Crippen LogP contribution >= 0.6 is 0 Å². The van der Waals surface area contributed by atoms with Crippen LogP contribution in [0.4, 0.5) is 0 Å². The molecule has 1 unspecified atom stereocenters. The first-order chi connectivity index (χ1) is 16.4. The second kappa shape index (κ2) is 9.40. The van der Waals surface area contributed by atoms with Crippen LogP contribution in [-0.4, -0.2) is 23.9 Å². The summed E-state index contributed by atoms with van der Waals surface area (Å²) < 4.78 is 6.13. The van der Waals surface area contributed by atoms with Gasteiger partial charge in [-0.15, -0.1) is 6.42 Å². The molecular weight excluding hydrogens is 418 g/mol. The van der Waals surface area contributed by atoms with E-state index in [2.05, 4.69) is 73.6 Å². The molecule has 0 saturated heterocycles. The van der Waals surface area contributed by atoms with E-state index in [-0.39, 0.29) is 5.41 Å². The summed E-state index contributed by atoms with van der Waals surface area (Å²) >= 11 is 0. The van der Waals surface area contributed by atoms with Gasteiger partial charge < -0.3 is 15.2 Å². The zero-order valence-electron chi connectivity index (χ0n) is 20.7. The van der Waals surface area contributed by atoms with Crippen LogP contribution in [0.1, 0.15) is 81.0 Å². The summed E-state index contributed by atoms with van der Waals surface area (Å²) in [6.07, 6.45) is 13.0. The van der Waals surface area contributed by atoms with Crippen molar-refractivity contribution < 1.29 is 9.84 Å². The van der Waals surface area contributed by atoms with Gasteiger partial charge in [-0.05, 0) is 105 Å². The van der Waals surface area contributed by atoms with Crippen LogP contribution < -0.4 is 10.1 Å². The van der Waals surface area contributed by atoms with E-state index < -0.39 is 5.60 Å². The maximum atomic E-state index is 11.1. The van der Waals surface area contributed by atoms with Gasteiger partial charge >= 0.3 is 0 Å². The number of aryl methyl sites for hydroxylation is 1. The van der Waals surface area contributed by atoms with Crippen molar-refractivity contribution in [1.29, 1.82) is 0 Å². The third-order valence-corrected chi connectivity index (χ3v) is 9.43. The van der Waals surface area contributed by atoms with E-state index in [1.165, 1.54) is 23.1 Å². The molecule has 0 aromatic heterocycles. The van der Waals surface area contributed by atoms with E-state index in [4.69, 9.17) is 11.2 Å². The largest absolute Gasteiger partial charge is 0.494 e. The fourth-order valence-corrected chi connectivity index (χ4v) is 7.34. The molecule has 3 aliphatic rings. The summed E-state index contributed by atoms with van der Waals surface area (Å²) in [6, 6.07) is 17.7. The van der Waals surface area contributed by atoms with Crippen molar-refractivity contribution in [2.24, 2.45) is 17.3 Å². The number of terminal acetylenes is 1. The zero-order chi connectivity index (χ0) is 23.8. The average Bonchev–Trinajstić information content (AvgIpc) is 3.15. The molecule has 5 rings (SSSR count). The molecule has 6 atom stereocenters. The lowest BCUT2D eigenvalue weighted by Gasteiger charge is -2.52. The number of aliphatic hydroxyl groups is 1. The van der Waals surface area contributed by atoms with Crippen LogP contribution in [-0.2, 0) is 6.42 Å². The normalized spacial score (nSPS) is 32.7. The predicted molar refractivity (Wildman–Crippen MR) is 138 cm³/mol. The number of hydrogen-bond donors (Lipinski definition) is 2. The molecule has 2 saturated carbocycles. The monoisotopic (exact) mass is 457 g/mol. The first-order valence-electron chi connectivity index (χ1n) is 13.2. The van der Waals surface area contributed by atoms with Crippen LogP contribution in [0.5, 0.6) is 5.75 Å². The highest BCUT2D eigenvalue weighted by molar-refractivity contribution is 5.41. The Morgan fingerprint density at radius 3 is 2.76 bits per heavy atom. The van der Waals surface area contributed by atoms with Crippen LogP contribution in [0.3, 0.4) is 0 Å². The smallest absolute Gasteiger partial charge is 0.130 e. The Balaban J connectivity index is 1.16. The van der Waals surface area contributed by atoms with E-state index in [0.29, 0.717) is 23.8 Å². The van der Waals surface area contributed by atoms with E-state index >= 15 is 0 Å². The maximum absolute atomic E-state index is 11.1. The Morgan fingerprint density at radius 1 is 1.15 bits per heavy atom. The molecule has 34 heavy (non-hydrogen) atoms. The predicted octanol–water partition coefficient (Wildman–Crippen LogP) is 6.03. The third-order valence-electron chi connectivity index (χ3n) is 9.43. The molecule has 3 aliphatic carbocycles. The van der Waals surface area contributed by atoms with Gasteiger partial charge in [-0.25, -0.2) is 0 Å². The maximum Gasteiger partial charge on any atom is 0.130 e. The minimum Gasteiger partial charge on any atom is -0.494 e. The number of fused-ring (bicyclic) bond motifs is 5. The lowest BCUT2D eigenvalue weighted by molar-refractivity contribution is -0.0646. The molecule has 180 valence electrons. The summed E-state index contributed by atoms with van der Waals surface area (Å²) in [5.74, 6) is 5.54. The van der Waals surface area contributed by atoms with Gasteiger partial charge in [0, 0.05) is 11.5 Å². The number of benzene rings is 2. The topological polar surface area (TPSA) is 41.5 Å². The number of rotatable bonds is 7. The standard InChI is InChI=1S/C31H39NO2/c1-4-31(33)18-16-29-28-13-11-24-21-25(12-14-26(24)27(28)15-17-30(29,31)3)34-20-8-19-32-22(2)23-9-6-5-7-10-23/h1,5-7,9-10,12,14,21-22,27-29,32-33H,8,11,13,15-20H2,2-3H3/t22?,27-,28-,29+,30+,31+/m1/s1. The van der Waals surface area contributed by atoms with E-state index in [9.17, 15) is 5.11 Å². The Morgan fingerprint density at radius 2 is 1.97 bits per heavy atom. The van der Waals surface area contributed by atoms with Crippen LogP contribution in [0, 0.1) is 29.6 Å². The summed E-state index contributed by atoms with van der Waals surface area (Å²) in [7, 11) is 0. The highest BCUT2D eigenvalue weighted by Gasteiger charge is 2.61. The first-order valence-corrected chi connectivity index (χ1v) is 13.2. The lowest BCUT2D eigenvalue weighted by atomic mass is 9.53. The van der Waals surface area contributed by atoms with Gasteiger partial charge in [-0.3, -0.25) is 0 Å². The fourth-order valence-electron chi connectivity index (χ4n) is 7.34. The molecule has 0 radical (unpaired) electrons. The number of nitrogens with one attached hydrogen (secondary N) is 1. The average molecular weight is 458 g/mol. The molecule has 0 heterocycles.